The zero-order valence-corrected chi connectivity index (χ0v) is 16.4. The lowest BCUT2D eigenvalue weighted by atomic mass is 10.1. The van der Waals surface area contributed by atoms with E-state index in [-0.39, 0.29) is 18.4 Å². The van der Waals surface area contributed by atoms with Crippen LogP contribution in [0, 0.1) is 0 Å². The molecule has 2 heterocycles. The van der Waals surface area contributed by atoms with Crippen LogP contribution in [0.3, 0.4) is 0 Å². The summed E-state index contributed by atoms with van der Waals surface area (Å²) in [6.07, 6.45) is 0.255. The number of methoxy groups -OCH3 is 2. The van der Waals surface area contributed by atoms with E-state index in [0.717, 1.165) is 21.1 Å². The number of aromatic nitrogens is 1. The number of thiophene rings is 1. The molecule has 1 aromatic carbocycles. The fourth-order valence-electron chi connectivity index (χ4n) is 2.61. The maximum absolute atomic E-state index is 12.4. The molecule has 0 aliphatic carbocycles. The molecule has 5 nitrogen and oxygen atoms in total. The Morgan fingerprint density at radius 3 is 2.77 bits per heavy atom. The van der Waals surface area contributed by atoms with Gasteiger partial charge in [-0.25, -0.2) is 4.98 Å². The Morgan fingerprint density at radius 1 is 1.23 bits per heavy atom. The van der Waals surface area contributed by atoms with Crippen molar-refractivity contribution in [1.82, 2.24) is 10.3 Å². The van der Waals surface area contributed by atoms with Crippen molar-refractivity contribution in [3.8, 4) is 21.4 Å². The number of hydrogen-bond donors (Lipinski definition) is 1. The maximum Gasteiger partial charge on any atom is 0.226 e. The molecule has 0 bridgehead atoms. The molecule has 1 N–H and O–H groups in total. The highest BCUT2D eigenvalue weighted by atomic mass is 32.1. The van der Waals surface area contributed by atoms with Crippen LogP contribution in [-0.2, 0) is 11.2 Å². The maximum atomic E-state index is 12.4. The molecule has 7 heteroatoms. The van der Waals surface area contributed by atoms with Crippen LogP contribution in [0.25, 0.3) is 9.88 Å². The Morgan fingerprint density at radius 2 is 2.08 bits per heavy atom. The van der Waals surface area contributed by atoms with Gasteiger partial charge < -0.3 is 14.8 Å². The van der Waals surface area contributed by atoms with Crippen LogP contribution in [0.5, 0.6) is 11.5 Å². The number of amides is 1. The summed E-state index contributed by atoms with van der Waals surface area (Å²) in [5, 5.41) is 7.92. The van der Waals surface area contributed by atoms with Crippen LogP contribution in [0.15, 0.2) is 41.1 Å². The van der Waals surface area contributed by atoms with Gasteiger partial charge in [0.15, 0.2) is 0 Å². The molecule has 0 aliphatic heterocycles. The topological polar surface area (TPSA) is 60.5 Å². The Hall–Kier alpha value is -2.38. The van der Waals surface area contributed by atoms with E-state index in [1.54, 1.807) is 36.9 Å². The molecule has 1 atom stereocenters. The average Bonchev–Trinajstić information content (AvgIpc) is 3.32. The number of rotatable bonds is 7. The molecule has 136 valence electrons. The second-order valence-electron chi connectivity index (χ2n) is 5.70. The van der Waals surface area contributed by atoms with E-state index in [9.17, 15) is 4.79 Å². The summed E-state index contributed by atoms with van der Waals surface area (Å²) in [4.78, 5) is 18.1. The number of carbonyl (C=O) groups excluding carboxylic acids is 1. The molecule has 2 aromatic heterocycles. The van der Waals surface area contributed by atoms with Gasteiger partial charge in [0.25, 0.3) is 0 Å². The third-order valence-corrected chi connectivity index (χ3v) is 5.84. The number of carbonyl (C=O) groups is 1. The number of thiazole rings is 1. The summed E-state index contributed by atoms with van der Waals surface area (Å²) < 4.78 is 10.6. The van der Waals surface area contributed by atoms with Gasteiger partial charge in [0.1, 0.15) is 16.5 Å². The molecule has 1 unspecified atom stereocenters. The SMILES string of the molecule is COc1ccc(C(C)NC(=O)Cc2csc(-c3cccs3)n2)c(OC)c1. The first-order valence-electron chi connectivity index (χ1n) is 8.10. The molecule has 0 fully saturated rings. The fourth-order valence-corrected chi connectivity index (χ4v) is 4.25. The third kappa shape index (κ3) is 4.23. The van der Waals surface area contributed by atoms with Crippen LogP contribution >= 0.6 is 22.7 Å². The highest BCUT2D eigenvalue weighted by Gasteiger charge is 2.16. The summed E-state index contributed by atoms with van der Waals surface area (Å²) in [5.41, 5.74) is 1.68. The molecule has 3 rings (SSSR count). The third-order valence-electron chi connectivity index (χ3n) is 3.91. The first kappa shape index (κ1) is 18.4. The van der Waals surface area contributed by atoms with Crippen molar-refractivity contribution in [2.75, 3.05) is 14.2 Å². The minimum absolute atomic E-state index is 0.0709. The molecule has 0 saturated carbocycles. The number of nitrogens with zero attached hydrogens (tertiary/aromatic N) is 1. The van der Waals surface area contributed by atoms with Crippen molar-refractivity contribution in [2.45, 2.75) is 19.4 Å². The quantitative estimate of drug-likeness (QED) is 0.655. The van der Waals surface area contributed by atoms with E-state index in [4.69, 9.17) is 9.47 Å². The van der Waals surface area contributed by atoms with Crippen LogP contribution < -0.4 is 14.8 Å². The Bertz CT molecular complexity index is 875. The second-order valence-corrected chi connectivity index (χ2v) is 7.50. The Kier molecular flexibility index (Phi) is 5.90. The number of nitrogens with one attached hydrogen (secondary N) is 1. The van der Waals surface area contributed by atoms with Crippen LogP contribution in [0.2, 0.25) is 0 Å². The average molecular weight is 389 g/mol. The van der Waals surface area contributed by atoms with Crippen molar-refractivity contribution in [2.24, 2.45) is 0 Å². The normalized spacial score (nSPS) is 11.8. The van der Waals surface area contributed by atoms with Gasteiger partial charge in [0.05, 0.1) is 37.3 Å². The number of ether oxygens (including phenoxy) is 2. The van der Waals surface area contributed by atoms with Gasteiger partial charge in [-0.3, -0.25) is 4.79 Å². The van der Waals surface area contributed by atoms with Gasteiger partial charge in [0, 0.05) is 17.0 Å². The molecular weight excluding hydrogens is 368 g/mol. The fraction of sp³-hybridized carbons (Fsp3) is 0.263. The smallest absolute Gasteiger partial charge is 0.226 e. The first-order valence-corrected chi connectivity index (χ1v) is 9.86. The molecule has 26 heavy (non-hydrogen) atoms. The van der Waals surface area contributed by atoms with Crippen molar-refractivity contribution in [3.05, 3.63) is 52.3 Å². The Balaban J connectivity index is 1.64. The minimum atomic E-state index is -0.182. The molecular formula is C19H20N2O3S2. The summed E-state index contributed by atoms with van der Waals surface area (Å²) in [7, 11) is 3.21. The minimum Gasteiger partial charge on any atom is -0.497 e. The lowest BCUT2D eigenvalue weighted by Gasteiger charge is -2.18. The molecule has 0 spiro atoms. The Labute approximate surface area is 160 Å². The van der Waals surface area contributed by atoms with Gasteiger partial charge in [-0.15, -0.1) is 22.7 Å². The van der Waals surface area contributed by atoms with E-state index in [1.165, 1.54) is 0 Å². The zero-order valence-electron chi connectivity index (χ0n) is 14.8. The standard InChI is InChI=1S/C19H20N2O3S2/c1-12(15-7-6-14(23-2)10-16(15)24-3)20-18(22)9-13-11-26-19(21-13)17-5-4-8-25-17/h4-8,10-12H,9H2,1-3H3,(H,20,22). The zero-order chi connectivity index (χ0) is 18.5. The van der Waals surface area contributed by atoms with Crippen LogP contribution in [0.4, 0.5) is 0 Å². The van der Waals surface area contributed by atoms with Gasteiger partial charge in [-0.05, 0) is 30.5 Å². The van der Waals surface area contributed by atoms with E-state index < -0.39 is 0 Å². The monoisotopic (exact) mass is 388 g/mol. The molecule has 0 saturated heterocycles. The van der Waals surface area contributed by atoms with E-state index in [2.05, 4.69) is 10.3 Å². The van der Waals surface area contributed by atoms with Crippen molar-refractivity contribution in [3.63, 3.8) is 0 Å². The molecule has 3 aromatic rings. The van der Waals surface area contributed by atoms with E-state index >= 15 is 0 Å². The highest BCUT2D eigenvalue weighted by molar-refractivity contribution is 7.20. The molecule has 0 aliphatic rings. The summed E-state index contributed by atoms with van der Waals surface area (Å²) in [5.74, 6) is 1.33. The molecule has 0 radical (unpaired) electrons. The first-order chi connectivity index (χ1) is 12.6. The largest absolute Gasteiger partial charge is 0.497 e. The van der Waals surface area contributed by atoms with Crippen molar-refractivity contribution < 1.29 is 14.3 Å². The second kappa shape index (κ2) is 8.33. The van der Waals surface area contributed by atoms with Gasteiger partial charge in [0.2, 0.25) is 5.91 Å². The van der Waals surface area contributed by atoms with Crippen LogP contribution in [0.1, 0.15) is 24.2 Å². The van der Waals surface area contributed by atoms with Crippen molar-refractivity contribution in [1.29, 1.82) is 0 Å². The predicted octanol–water partition coefficient (Wildman–Crippen LogP) is 4.31. The summed E-state index contributed by atoms with van der Waals surface area (Å²) in [6.45, 7) is 1.93. The predicted molar refractivity (Wildman–Crippen MR) is 105 cm³/mol. The van der Waals surface area contributed by atoms with Crippen LogP contribution in [-0.4, -0.2) is 25.1 Å². The number of benzene rings is 1. The van der Waals surface area contributed by atoms with Gasteiger partial charge >= 0.3 is 0 Å². The lowest BCUT2D eigenvalue weighted by Crippen LogP contribution is -2.28. The van der Waals surface area contributed by atoms with E-state index in [0.29, 0.717) is 11.5 Å². The molecule has 1 amide bonds. The summed E-state index contributed by atoms with van der Waals surface area (Å²) in [6, 6.07) is 9.42. The van der Waals surface area contributed by atoms with E-state index in [1.807, 2.05) is 48.0 Å². The van der Waals surface area contributed by atoms with Crippen molar-refractivity contribution >= 4 is 28.6 Å². The lowest BCUT2D eigenvalue weighted by molar-refractivity contribution is -0.121. The van der Waals surface area contributed by atoms with Gasteiger partial charge in [-0.1, -0.05) is 6.07 Å². The highest BCUT2D eigenvalue weighted by Crippen LogP contribution is 2.30. The van der Waals surface area contributed by atoms with Gasteiger partial charge in [-0.2, -0.15) is 0 Å². The number of hydrogen-bond acceptors (Lipinski definition) is 6. The summed E-state index contributed by atoms with van der Waals surface area (Å²) >= 11 is 3.21.